The van der Waals surface area contributed by atoms with Crippen LogP contribution in [0, 0.1) is 5.82 Å². The summed E-state index contributed by atoms with van der Waals surface area (Å²) in [6.07, 6.45) is 1.58. The molecule has 0 fully saturated rings. The number of carbonyl (C=O) groups excluding carboxylic acids is 1. The van der Waals surface area contributed by atoms with Gasteiger partial charge in [-0.2, -0.15) is 0 Å². The Morgan fingerprint density at radius 2 is 1.82 bits per heavy atom. The highest BCUT2D eigenvalue weighted by Crippen LogP contribution is 2.38. The molecule has 168 valence electrons. The molecule has 0 saturated carbocycles. The molecule has 0 bridgehead atoms. The molecular formula is C25H18BrClFNO4. The van der Waals surface area contributed by atoms with Gasteiger partial charge in [-0.15, -0.1) is 0 Å². The van der Waals surface area contributed by atoms with Gasteiger partial charge >= 0.3 is 5.97 Å². The first kappa shape index (κ1) is 23.0. The smallest absolute Gasteiger partial charge is 0.363 e. The van der Waals surface area contributed by atoms with Crippen LogP contribution in [0.3, 0.4) is 0 Å². The van der Waals surface area contributed by atoms with Gasteiger partial charge in [-0.1, -0.05) is 39.7 Å². The molecule has 0 aromatic heterocycles. The Morgan fingerprint density at radius 1 is 1.09 bits per heavy atom. The zero-order valence-electron chi connectivity index (χ0n) is 17.5. The molecule has 0 unspecified atom stereocenters. The minimum absolute atomic E-state index is 0.145. The Hall–Kier alpha value is -3.16. The van der Waals surface area contributed by atoms with Gasteiger partial charge in [-0.3, -0.25) is 0 Å². The maximum absolute atomic E-state index is 13.1. The van der Waals surface area contributed by atoms with Crippen molar-refractivity contribution >= 4 is 45.5 Å². The molecule has 0 amide bonds. The summed E-state index contributed by atoms with van der Waals surface area (Å²) in [6, 6.07) is 16.6. The number of hydrogen-bond donors (Lipinski definition) is 0. The number of ether oxygens (including phenoxy) is 3. The van der Waals surface area contributed by atoms with Crippen LogP contribution in [-0.4, -0.2) is 18.5 Å². The molecule has 3 aromatic carbocycles. The van der Waals surface area contributed by atoms with Gasteiger partial charge in [0.2, 0.25) is 5.90 Å². The van der Waals surface area contributed by atoms with Crippen molar-refractivity contribution in [1.82, 2.24) is 0 Å². The van der Waals surface area contributed by atoms with Crippen molar-refractivity contribution in [3.63, 3.8) is 0 Å². The van der Waals surface area contributed by atoms with Gasteiger partial charge in [0, 0.05) is 10.0 Å². The van der Waals surface area contributed by atoms with E-state index in [1.165, 1.54) is 12.1 Å². The van der Waals surface area contributed by atoms with Crippen LogP contribution in [0.2, 0.25) is 5.02 Å². The molecule has 8 heteroatoms. The number of aliphatic imine (C=N–C) groups is 1. The number of halogens is 3. The largest absolute Gasteiger partial charge is 0.490 e. The van der Waals surface area contributed by atoms with Crippen molar-refractivity contribution in [2.24, 2.45) is 4.99 Å². The number of cyclic esters (lactones) is 1. The van der Waals surface area contributed by atoms with Crippen LogP contribution in [0.1, 0.15) is 23.6 Å². The predicted molar refractivity (Wildman–Crippen MR) is 128 cm³/mol. The third-order valence-corrected chi connectivity index (χ3v) is 5.45. The average molecular weight is 531 g/mol. The van der Waals surface area contributed by atoms with E-state index in [1.807, 2.05) is 19.1 Å². The fourth-order valence-electron chi connectivity index (χ4n) is 3.09. The van der Waals surface area contributed by atoms with Crippen molar-refractivity contribution in [3.05, 3.63) is 98.4 Å². The first-order valence-electron chi connectivity index (χ1n) is 10.0. The summed E-state index contributed by atoms with van der Waals surface area (Å²) in [7, 11) is 0. The summed E-state index contributed by atoms with van der Waals surface area (Å²) in [5, 5.41) is 0.304. The minimum Gasteiger partial charge on any atom is -0.490 e. The Bertz CT molecular complexity index is 1240. The molecule has 0 spiro atoms. The monoisotopic (exact) mass is 529 g/mol. The molecule has 0 atom stereocenters. The van der Waals surface area contributed by atoms with Crippen LogP contribution in [0.4, 0.5) is 4.39 Å². The van der Waals surface area contributed by atoms with Gasteiger partial charge in [-0.25, -0.2) is 14.2 Å². The molecule has 5 nitrogen and oxygen atoms in total. The molecule has 0 aliphatic carbocycles. The van der Waals surface area contributed by atoms with E-state index in [9.17, 15) is 9.18 Å². The maximum Gasteiger partial charge on any atom is 0.363 e. The average Bonchev–Trinajstić information content (AvgIpc) is 3.15. The van der Waals surface area contributed by atoms with E-state index < -0.39 is 5.97 Å². The molecule has 1 aliphatic heterocycles. The molecular weight excluding hydrogens is 513 g/mol. The van der Waals surface area contributed by atoms with Crippen LogP contribution in [0.25, 0.3) is 6.08 Å². The van der Waals surface area contributed by atoms with Gasteiger partial charge in [0.25, 0.3) is 0 Å². The highest BCUT2D eigenvalue weighted by Gasteiger charge is 2.24. The fraction of sp³-hybridized carbons (Fsp3) is 0.120. The number of esters is 1. The molecule has 0 N–H and O–H groups in total. The molecule has 4 rings (SSSR count). The number of hydrogen-bond acceptors (Lipinski definition) is 5. The summed E-state index contributed by atoms with van der Waals surface area (Å²) in [5.41, 5.74) is 2.22. The second-order valence-corrected chi connectivity index (χ2v) is 8.34. The van der Waals surface area contributed by atoms with Crippen molar-refractivity contribution < 1.29 is 23.4 Å². The van der Waals surface area contributed by atoms with E-state index in [-0.39, 0.29) is 24.0 Å². The van der Waals surface area contributed by atoms with E-state index in [2.05, 4.69) is 20.9 Å². The molecule has 1 heterocycles. The Balaban J connectivity index is 1.60. The van der Waals surface area contributed by atoms with E-state index in [4.69, 9.17) is 25.8 Å². The number of benzene rings is 3. The maximum atomic E-state index is 13.1. The standard InChI is InChI=1S/C25H18BrClFNO4/c1-2-31-22-13-16(11-20(27)23(22)32-14-15-3-9-19(28)10-4-15)12-21-25(30)33-24(29-21)17-5-7-18(26)8-6-17/h3-13H,2,14H2,1H3/b21-12-. The first-order valence-corrected chi connectivity index (χ1v) is 11.2. The summed E-state index contributed by atoms with van der Waals surface area (Å²) in [5.74, 6) is 0.133. The highest BCUT2D eigenvalue weighted by molar-refractivity contribution is 9.10. The van der Waals surface area contributed by atoms with Gasteiger partial charge in [0.15, 0.2) is 17.2 Å². The Morgan fingerprint density at radius 3 is 2.52 bits per heavy atom. The number of rotatable bonds is 7. The van der Waals surface area contributed by atoms with Crippen molar-refractivity contribution in [3.8, 4) is 11.5 Å². The Kier molecular flexibility index (Phi) is 7.11. The number of carbonyl (C=O) groups is 1. The van der Waals surface area contributed by atoms with Crippen LogP contribution in [0.5, 0.6) is 11.5 Å². The quantitative estimate of drug-likeness (QED) is 0.256. The lowest BCUT2D eigenvalue weighted by molar-refractivity contribution is -0.129. The summed E-state index contributed by atoms with van der Waals surface area (Å²) in [4.78, 5) is 16.7. The zero-order valence-corrected chi connectivity index (χ0v) is 19.8. The SMILES string of the molecule is CCOc1cc(/C=C2\N=C(c3ccc(Br)cc3)OC2=O)cc(Cl)c1OCc1ccc(F)cc1. The zero-order chi connectivity index (χ0) is 23.4. The fourth-order valence-corrected chi connectivity index (χ4v) is 3.63. The Labute approximate surface area is 203 Å². The first-order chi connectivity index (χ1) is 15.9. The second-order valence-electron chi connectivity index (χ2n) is 7.02. The number of nitrogens with zero attached hydrogens (tertiary/aromatic N) is 1. The van der Waals surface area contributed by atoms with Gasteiger partial charge < -0.3 is 14.2 Å². The normalized spacial score (nSPS) is 14.2. The third kappa shape index (κ3) is 5.61. The van der Waals surface area contributed by atoms with Crippen LogP contribution in [0.15, 0.2) is 75.8 Å². The molecule has 33 heavy (non-hydrogen) atoms. The summed E-state index contributed by atoms with van der Waals surface area (Å²) in [6.45, 7) is 2.41. The molecule has 3 aromatic rings. The van der Waals surface area contributed by atoms with E-state index in [1.54, 1.807) is 42.5 Å². The van der Waals surface area contributed by atoms with Gasteiger partial charge in [-0.05, 0) is 72.7 Å². The lowest BCUT2D eigenvalue weighted by atomic mass is 10.1. The third-order valence-electron chi connectivity index (χ3n) is 4.64. The lowest BCUT2D eigenvalue weighted by Gasteiger charge is -2.14. The summed E-state index contributed by atoms with van der Waals surface area (Å²) >= 11 is 9.84. The molecule has 0 saturated heterocycles. The topological polar surface area (TPSA) is 57.1 Å². The van der Waals surface area contributed by atoms with Gasteiger partial charge in [0.05, 0.1) is 11.6 Å². The minimum atomic E-state index is -0.557. The van der Waals surface area contributed by atoms with E-state index >= 15 is 0 Å². The molecule has 0 radical (unpaired) electrons. The predicted octanol–water partition coefficient (Wildman–Crippen LogP) is 6.56. The van der Waals surface area contributed by atoms with Crippen LogP contribution >= 0.6 is 27.5 Å². The van der Waals surface area contributed by atoms with Crippen molar-refractivity contribution in [2.45, 2.75) is 13.5 Å². The van der Waals surface area contributed by atoms with Crippen LogP contribution < -0.4 is 9.47 Å². The highest BCUT2D eigenvalue weighted by atomic mass is 79.9. The van der Waals surface area contributed by atoms with E-state index in [0.717, 1.165) is 10.0 Å². The van der Waals surface area contributed by atoms with Crippen molar-refractivity contribution in [2.75, 3.05) is 6.61 Å². The van der Waals surface area contributed by atoms with Crippen LogP contribution in [-0.2, 0) is 16.1 Å². The second kappa shape index (κ2) is 10.2. The van der Waals surface area contributed by atoms with E-state index in [0.29, 0.717) is 34.3 Å². The molecule has 1 aliphatic rings. The summed E-state index contributed by atoms with van der Waals surface area (Å²) < 4.78 is 30.9. The lowest BCUT2D eigenvalue weighted by Crippen LogP contribution is -2.05. The van der Waals surface area contributed by atoms with Gasteiger partial charge in [0.1, 0.15) is 12.4 Å². The van der Waals surface area contributed by atoms with Crippen molar-refractivity contribution in [1.29, 1.82) is 0 Å².